The predicted octanol–water partition coefficient (Wildman–Crippen LogP) is 2.03. The Bertz CT molecular complexity index is 474. The number of carboxylic acids is 1. The van der Waals surface area contributed by atoms with Gasteiger partial charge in [0, 0.05) is 25.4 Å². The van der Waals surface area contributed by atoms with Crippen molar-refractivity contribution in [2.24, 2.45) is 0 Å². The van der Waals surface area contributed by atoms with Gasteiger partial charge in [0.25, 0.3) is 0 Å². The topological polar surface area (TPSA) is 80.6 Å². The van der Waals surface area contributed by atoms with Crippen molar-refractivity contribution in [3.05, 3.63) is 24.0 Å². The highest BCUT2D eigenvalue weighted by Crippen LogP contribution is 2.09. The maximum atomic E-state index is 11.6. The van der Waals surface area contributed by atoms with Gasteiger partial charge in [-0.15, -0.1) is 0 Å². The van der Waals surface area contributed by atoms with Crippen LogP contribution < -0.4 is 5.32 Å². The third-order valence-electron chi connectivity index (χ3n) is 2.61. The van der Waals surface area contributed by atoms with Crippen molar-refractivity contribution < 1.29 is 19.4 Å². The van der Waals surface area contributed by atoms with Gasteiger partial charge < -0.3 is 19.7 Å². The van der Waals surface area contributed by atoms with Crippen LogP contribution in [0.3, 0.4) is 0 Å². The summed E-state index contributed by atoms with van der Waals surface area (Å²) in [4.78, 5) is 22.8. The van der Waals surface area contributed by atoms with Gasteiger partial charge >= 0.3 is 12.1 Å². The first-order chi connectivity index (χ1) is 9.21. The van der Waals surface area contributed by atoms with Crippen molar-refractivity contribution in [3.63, 3.8) is 0 Å². The largest absolute Gasteiger partial charge is 0.480 e. The molecule has 0 aliphatic carbocycles. The van der Waals surface area contributed by atoms with Gasteiger partial charge in [-0.25, -0.2) is 9.59 Å². The lowest BCUT2D eigenvalue weighted by Gasteiger charge is -2.21. The molecule has 0 aromatic carbocycles. The van der Waals surface area contributed by atoms with Crippen LogP contribution in [-0.2, 0) is 22.5 Å². The van der Waals surface area contributed by atoms with Crippen molar-refractivity contribution >= 4 is 12.1 Å². The Morgan fingerprint density at radius 1 is 1.45 bits per heavy atom. The van der Waals surface area contributed by atoms with Crippen LogP contribution >= 0.6 is 0 Å². The Morgan fingerprint density at radius 2 is 2.10 bits per heavy atom. The number of rotatable bonds is 5. The number of carbonyl (C=O) groups is 2. The molecule has 0 spiro atoms. The number of nitrogens with one attached hydrogen (secondary N) is 1. The van der Waals surface area contributed by atoms with E-state index in [0.717, 1.165) is 12.1 Å². The summed E-state index contributed by atoms with van der Waals surface area (Å²) in [5, 5.41) is 11.5. The van der Waals surface area contributed by atoms with E-state index in [4.69, 9.17) is 9.84 Å². The molecule has 1 aromatic heterocycles. The summed E-state index contributed by atoms with van der Waals surface area (Å²) in [6.45, 7) is 7.99. The number of amides is 1. The number of hydrogen-bond donors (Lipinski definition) is 2. The zero-order valence-corrected chi connectivity index (χ0v) is 12.3. The van der Waals surface area contributed by atoms with E-state index in [0.29, 0.717) is 0 Å². The normalized spacial score (nSPS) is 12.8. The van der Waals surface area contributed by atoms with Crippen molar-refractivity contribution in [1.82, 2.24) is 9.88 Å². The number of aryl methyl sites for hydroxylation is 1. The molecule has 1 aromatic rings. The average Bonchev–Trinajstić information content (AvgIpc) is 2.73. The molecular formula is C14H22N2O4. The molecule has 0 saturated heterocycles. The SMILES string of the molecule is CCn1ccc(CC(NC(=O)OC(C)(C)C)C(=O)O)c1. The van der Waals surface area contributed by atoms with E-state index < -0.39 is 23.7 Å². The third kappa shape index (κ3) is 5.34. The van der Waals surface area contributed by atoms with E-state index >= 15 is 0 Å². The summed E-state index contributed by atoms with van der Waals surface area (Å²) in [6.07, 6.45) is 3.25. The van der Waals surface area contributed by atoms with Gasteiger partial charge in [-0.05, 0) is 39.3 Å². The van der Waals surface area contributed by atoms with Crippen molar-refractivity contribution in [3.8, 4) is 0 Å². The first-order valence-electron chi connectivity index (χ1n) is 6.58. The number of nitrogens with zero attached hydrogens (tertiary/aromatic N) is 1. The fourth-order valence-electron chi connectivity index (χ4n) is 1.69. The van der Waals surface area contributed by atoms with Gasteiger partial charge in [-0.1, -0.05) is 0 Å². The Kier molecular flexibility index (Phi) is 5.19. The summed E-state index contributed by atoms with van der Waals surface area (Å²) in [5.41, 5.74) is 0.203. The van der Waals surface area contributed by atoms with Crippen LogP contribution in [0, 0.1) is 0 Å². The minimum atomic E-state index is -1.08. The van der Waals surface area contributed by atoms with E-state index in [1.165, 1.54) is 0 Å². The van der Waals surface area contributed by atoms with E-state index in [1.807, 2.05) is 30.0 Å². The van der Waals surface area contributed by atoms with Crippen LogP contribution in [0.2, 0.25) is 0 Å². The van der Waals surface area contributed by atoms with Crippen molar-refractivity contribution in [2.45, 2.75) is 52.3 Å². The maximum Gasteiger partial charge on any atom is 0.408 e. The zero-order valence-electron chi connectivity index (χ0n) is 12.3. The maximum absolute atomic E-state index is 11.6. The van der Waals surface area contributed by atoms with E-state index in [1.54, 1.807) is 20.8 Å². The predicted molar refractivity (Wildman–Crippen MR) is 74.6 cm³/mol. The second kappa shape index (κ2) is 6.45. The molecule has 0 aliphatic heterocycles. The van der Waals surface area contributed by atoms with Gasteiger partial charge in [-0.3, -0.25) is 0 Å². The summed E-state index contributed by atoms with van der Waals surface area (Å²) < 4.78 is 7.01. The number of hydrogen-bond acceptors (Lipinski definition) is 3. The summed E-state index contributed by atoms with van der Waals surface area (Å²) in [7, 11) is 0. The highest BCUT2D eigenvalue weighted by atomic mass is 16.6. The van der Waals surface area contributed by atoms with Gasteiger partial charge in [0.2, 0.25) is 0 Å². The van der Waals surface area contributed by atoms with Crippen LogP contribution in [-0.4, -0.2) is 33.4 Å². The molecule has 1 amide bonds. The Morgan fingerprint density at radius 3 is 2.55 bits per heavy atom. The Labute approximate surface area is 118 Å². The summed E-state index contributed by atoms with van der Waals surface area (Å²) in [6, 6.07) is 0.841. The van der Waals surface area contributed by atoms with E-state index in [9.17, 15) is 9.59 Å². The minimum Gasteiger partial charge on any atom is -0.480 e. The molecule has 20 heavy (non-hydrogen) atoms. The fraction of sp³-hybridized carbons (Fsp3) is 0.571. The lowest BCUT2D eigenvalue weighted by Crippen LogP contribution is -2.44. The zero-order chi connectivity index (χ0) is 15.3. The quantitative estimate of drug-likeness (QED) is 0.866. The Hall–Kier alpha value is -1.98. The lowest BCUT2D eigenvalue weighted by atomic mass is 10.1. The van der Waals surface area contributed by atoms with Crippen LogP contribution in [0.25, 0.3) is 0 Å². The number of ether oxygens (including phenoxy) is 1. The van der Waals surface area contributed by atoms with Gasteiger partial charge in [0.15, 0.2) is 0 Å². The number of carbonyl (C=O) groups excluding carboxylic acids is 1. The Balaban J connectivity index is 2.65. The fourth-order valence-corrected chi connectivity index (χ4v) is 1.69. The summed E-state index contributed by atoms with van der Waals surface area (Å²) >= 11 is 0. The molecule has 0 bridgehead atoms. The van der Waals surface area contributed by atoms with Crippen molar-refractivity contribution in [2.75, 3.05) is 0 Å². The van der Waals surface area contributed by atoms with Crippen molar-refractivity contribution in [1.29, 1.82) is 0 Å². The molecule has 1 heterocycles. The highest BCUT2D eigenvalue weighted by molar-refractivity contribution is 5.80. The average molecular weight is 282 g/mol. The van der Waals surface area contributed by atoms with Gasteiger partial charge in [0.05, 0.1) is 0 Å². The van der Waals surface area contributed by atoms with Crippen LogP contribution in [0.15, 0.2) is 18.5 Å². The second-order valence-corrected chi connectivity index (χ2v) is 5.59. The molecule has 0 fully saturated rings. The molecular weight excluding hydrogens is 260 g/mol. The lowest BCUT2D eigenvalue weighted by molar-refractivity contribution is -0.139. The third-order valence-corrected chi connectivity index (χ3v) is 2.61. The van der Waals surface area contributed by atoms with E-state index in [2.05, 4.69) is 5.32 Å². The number of aromatic nitrogens is 1. The van der Waals surface area contributed by atoms with Crippen LogP contribution in [0.4, 0.5) is 4.79 Å². The molecule has 0 aliphatic rings. The highest BCUT2D eigenvalue weighted by Gasteiger charge is 2.24. The molecule has 6 nitrogen and oxygen atoms in total. The summed E-state index contributed by atoms with van der Waals surface area (Å²) in [5.74, 6) is -1.08. The molecule has 1 rings (SSSR count). The molecule has 1 unspecified atom stereocenters. The monoisotopic (exact) mass is 282 g/mol. The van der Waals surface area contributed by atoms with Gasteiger partial charge in [0.1, 0.15) is 11.6 Å². The van der Waals surface area contributed by atoms with Gasteiger partial charge in [-0.2, -0.15) is 0 Å². The first-order valence-corrected chi connectivity index (χ1v) is 6.58. The van der Waals surface area contributed by atoms with Crippen LogP contribution in [0.1, 0.15) is 33.3 Å². The standard InChI is InChI=1S/C14H22N2O4/c1-5-16-7-6-10(9-16)8-11(12(17)18)15-13(19)20-14(2,3)4/h6-7,9,11H,5,8H2,1-4H3,(H,15,19)(H,17,18). The molecule has 0 saturated carbocycles. The molecule has 0 radical (unpaired) electrons. The smallest absolute Gasteiger partial charge is 0.408 e. The van der Waals surface area contributed by atoms with Crippen LogP contribution in [0.5, 0.6) is 0 Å². The first kappa shape index (κ1) is 16.1. The molecule has 1 atom stereocenters. The molecule has 2 N–H and O–H groups in total. The molecule has 112 valence electrons. The minimum absolute atomic E-state index is 0.224. The molecule has 6 heteroatoms. The van der Waals surface area contributed by atoms with E-state index in [-0.39, 0.29) is 6.42 Å². The number of alkyl carbamates (subject to hydrolysis) is 1. The second-order valence-electron chi connectivity index (χ2n) is 5.59. The number of aliphatic carboxylic acids is 1. The number of carboxylic acid groups (broad SMARTS) is 1.